The first-order chi connectivity index (χ1) is 13.7. The lowest BCUT2D eigenvalue weighted by Crippen LogP contribution is -1.85. The third kappa shape index (κ3) is 8.83. The number of carbonyl (C=O) groups excluding carboxylic acids is 2. The zero-order valence-corrected chi connectivity index (χ0v) is 15.1. The van der Waals surface area contributed by atoms with Crippen molar-refractivity contribution in [2.24, 2.45) is 0 Å². The van der Waals surface area contributed by atoms with E-state index >= 15 is 0 Å². The van der Waals surface area contributed by atoms with E-state index in [1.54, 1.807) is 6.33 Å². The Balaban J connectivity index is 0.000000227. The number of rotatable bonds is 2. The maximum atomic E-state index is 8.35. The van der Waals surface area contributed by atoms with E-state index in [4.69, 9.17) is 20.4 Å². The van der Waals surface area contributed by atoms with Crippen molar-refractivity contribution in [1.82, 2.24) is 9.97 Å². The fraction of sp³-hybridized carbons (Fsp3) is 0.0455. The minimum absolute atomic E-state index is 0.750. The van der Waals surface area contributed by atoms with Gasteiger partial charge in [-0.25, -0.2) is 25.4 Å². The molecule has 0 saturated carbocycles. The number of benzene rings is 3. The van der Waals surface area contributed by atoms with E-state index in [1.165, 1.54) is 11.1 Å². The maximum Gasteiger partial charge on any atom is 0.231 e. The molecule has 0 aliphatic carbocycles. The molecule has 6 heteroatoms. The highest BCUT2D eigenvalue weighted by Crippen LogP contribution is 2.08. The summed E-state index contributed by atoms with van der Waals surface area (Å²) in [5, 5.41) is 10.8. The van der Waals surface area contributed by atoms with E-state index in [0.29, 0.717) is 0 Å². The number of nitrogens with one attached hydrogen (secondary N) is 3. The van der Waals surface area contributed by atoms with Gasteiger partial charge in [0, 0.05) is 0 Å². The van der Waals surface area contributed by atoms with Crippen LogP contribution in [-0.2, 0) is 16.0 Å². The summed E-state index contributed by atoms with van der Waals surface area (Å²) in [6.45, 7) is 0. The van der Waals surface area contributed by atoms with Crippen LogP contribution in [0.25, 0.3) is 11.0 Å². The highest BCUT2D eigenvalue weighted by Gasteiger charge is 1.92. The molecule has 1 heterocycles. The van der Waals surface area contributed by atoms with E-state index in [0.717, 1.165) is 29.6 Å². The van der Waals surface area contributed by atoms with Gasteiger partial charge in [-0.15, -0.1) is 0 Å². The Kier molecular flexibility index (Phi) is 11.0. The Morgan fingerprint density at radius 1 is 0.714 bits per heavy atom. The molecule has 0 aliphatic heterocycles. The molecular weight excluding hydrogens is 352 g/mol. The van der Waals surface area contributed by atoms with Gasteiger partial charge in [0.2, 0.25) is 12.2 Å². The summed E-state index contributed by atoms with van der Waals surface area (Å²) in [6.07, 6.45) is 4.23. The summed E-state index contributed by atoms with van der Waals surface area (Å²) in [7, 11) is 0. The number of fused-ring (bicyclic) bond motifs is 1. The molecular formula is C22H20N4O2. The Morgan fingerprint density at radius 2 is 1.14 bits per heavy atom. The molecule has 0 aliphatic rings. The van der Waals surface area contributed by atoms with Gasteiger partial charge >= 0.3 is 0 Å². The minimum atomic E-state index is 0.750. The predicted molar refractivity (Wildman–Crippen MR) is 109 cm³/mol. The summed E-state index contributed by atoms with van der Waals surface area (Å²) in [4.78, 5) is 23.8. The van der Waals surface area contributed by atoms with Crippen LogP contribution in [-0.4, -0.2) is 22.1 Å². The first-order valence-corrected chi connectivity index (χ1v) is 8.28. The second-order valence-corrected chi connectivity index (χ2v) is 5.27. The number of hydrogen-bond donors (Lipinski definition) is 3. The number of aromatic nitrogens is 2. The monoisotopic (exact) mass is 372 g/mol. The number of H-pyrrole nitrogens is 1. The van der Waals surface area contributed by atoms with Gasteiger partial charge in [0.15, 0.2) is 0 Å². The molecule has 4 rings (SSSR count). The first-order valence-electron chi connectivity index (χ1n) is 8.28. The van der Waals surface area contributed by atoms with Gasteiger partial charge in [-0.05, 0) is 29.7 Å². The normalized spacial score (nSPS) is 8.43. The average Bonchev–Trinajstić information content (AvgIpc) is 3.20. The molecule has 4 aromatic rings. The van der Waals surface area contributed by atoms with Gasteiger partial charge in [-0.2, -0.15) is 0 Å². The van der Waals surface area contributed by atoms with Crippen molar-refractivity contribution in [3.8, 4) is 0 Å². The third-order valence-corrected chi connectivity index (χ3v) is 3.42. The molecule has 0 unspecified atom stereocenters. The van der Waals surface area contributed by atoms with Gasteiger partial charge in [0.25, 0.3) is 0 Å². The van der Waals surface area contributed by atoms with Gasteiger partial charge < -0.3 is 4.98 Å². The SMILES string of the molecule is N=C=O.N=C=O.c1ccc(Cc2ccccc2)cc1.c1ccc2[nH]cnc2c1. The smallest absolute Gasteiger partial charge is 0.231 e. The molecule has 3 aromatic carbocycles. The van der Waals surface area contributed by atoms with Crippen LogP contribution < -0.4 is 0 Å². The number of hydrogen-bond acceptors (Lipinski definition) is 5. The second kappa shape index (κ2) is 14.1. The van der Waals surface area contributed by atoms with Crippen LogP contribution in [0.2, 0.25) is 0 Å². The van der Waals surface area contributed by atoms with Crippen molar-refractivity contribution in [1.29, 1.82) is 10.8 Å². The molecule has 28 heavy (non-hydrogen) atoms. The van der Waals surface area contributed by atoms with Crippen LogP contribution in [0.5, 0.6) is 0 Å². The van der Waals surface area contributed by atoms with E-state index in [1.807, 2.05) is 24.3 Å². The fourth-order valence-electron chi connectivity index (χ4n) is 2.31. The van der Waals surface area contributed by atoms with Crippen molar-refractivity contribution in [3.05, 3.63) is 102 Å². The van der Waals surface area contributed by atoms with Crippen molar-refractivity contribution < 1.29 is 9.59 Å². The van der Waals surface area contributed by atoms with E-state index in [2.05, 4.69) is 70.6 Å². The van der Waals surface area contributed by atoms with Crippen LogP contribution in [0.4, 0.5) is 0 Å². The molecule has 0 radical (unpaired) electrons. The van der Waals surface area contributed by atoms with E-state index in [9.17, 15) is 0 Å². The van der Waals surface area contributed by atoms with Crippen LogP contribution in [0.15, 0.2) is 91.3 Å². The third-order valence-electron chi connectivity index (χ3n) is 3.42. The summed E-state index contributed by atoms with van der Waals surface area (Å²) < 4.78 is 0. The molecule has 140 valence electrons. The lowest BCUT2D eigenvalue weighted by Gasteiger charge is -2.00. The number of isocyanates is 2. The van der Waals surface area contributed by atoms with Crippen LogP contribution in [0, 0.1) is 10.8 Å². The summed E-state index contributed by atoms with van der Waals surface area (Å²) in [5.74, 6) is 0. The second-order valence-electron chi connectivity index (χ2n) is 5.27. The highest BCUT2D eigenvalue weighted by atomic mass is 16.1. The van der Waals surface area contributed by atoms with Crippen LogP contribution >= 0.6 is 0 Å². The summed E-state index contributed by atoms with van der Waals surface area (Å²) in [5.41, 5.74) is 4.86. The van der Waals surface area contributed by atoms with Crippen LogP contribution in [0.3, 0.4) is 0 Å². The molecule has 0 fully saturated rings. The molecule has 0 atom stereocenters. The predicted octanol–water partition coefficient (Wildman–Crippen LogP) is 4.64. The molecule has 3 N–H and O–H groups in total. The minimum Gasteiger partial charge on any atom is -0.345 e. The van der Waals surface area contributed by atoms with Crippen molar-refractivity contribution >= 4 is 23.2 Å². The molecule has 0 amide bonds. The Labute approximate surface area is 162 Å². The fourth-order valence-corrected chi connectivity index (χ4v) is 2.31. The quantitative estimate of drug-likeness (QED) is 0.352. The first kappa shape index (κ1) is 21.9. The molecule has 1 aromatic heterocycles. The van der Waals surface area contributed by atoms with E-state index < -0.39 is 0 Å². The number of aromatic amines is 1. The topological polar surface area (TPSA) is 111 Å². The molecule has 6 nitrogen and oxygen atoms in total. The number of imidazole rings is 1. The molecule has 0 spiro atoms. The largest absolute Gasteiger partial charge is 0.345 e. The van der Waals surface area contributed by atoms with Gasteiger partial charge in [-0.1, -0.05) is 72.8 Å². The van der Waals surface area contributed by atoms with Crippen molar-refractivity contribution in [2.45, 2.75) is 6.42 Å². The average molecular weight is 372 g/mol. The Hall–Kier alpha value is -4.11. The van der Waals surface area contributed by atoms with Gasteiger partial charge in [0.1, 0.15) is 0 Å². The Bertz CT molecular complexity index is 907. The van der Waals surface area contributed by atoms with Gasteiger partial charge in [0.05, 0.1) is 17.4 Å². The summed E-state index contributed by atoms with van der Waals surface area (Å²) >= 11 is 0. The highest BCUT2D eigenvalue weighted by molar-refractivity contribution is 5.73. The number of nitrogens with zero attached hydrogens (tertiary/aromatic N) is 1. The van der Waals surface area contributed by atoms with Gasteiger partial charge in [-0.3, -0.25) is 0 Å². The van der Waals surface area contributed by atoms with Crippen molar-refractivity contribution in [3.63, 3.8) is 0 Å². The summed E-state index contributed by atoms with van der Waals surface area (Å²) in [6, 6.07) is 29.0. The lowest BCUT2D eigenvalue weighted by atomic mass is 10.1. The van der Waals surface area contributed by atoms with Crippen molar-refractivity contribution in [2.75, 3.05) is 0 Å². The standard InChI is InChI=1S/C13H12.C7H6N2.2CHNO/c1-3-7-12(8-4-1)11-13-9-5-2-6-10-13;1-2-4-7-6(3-1)8-5-9-7;2*2-1-3/h1-10H,11H2;1-5H,(H,8,9);2*2H. The number of para-hydroxylation sites is 2. The van der Waals surface area contributed by atoms with Crippen LogP contribution in [0.1, 0.15) is 11.1 Å². The van der Waals surface area contributed by atoms with E-state index in [-0.39, 0.29) is 0 Å². The maximum absolute atomic E-state index is 8.35. The Morgan fingerprint density at radius 3 is 1.61 bits per heavy atom. The zero-order valence-electron chi connectivity index (χ0n) is 15.1. The molecule has 0 saturated heterocycles. The zero-order chi connectivity index (χ0) is 20.5. The molecule has 0 bridgehead atoms. The lowest BCUT2D eigenvalue weighted by molar-refractivity contribution is 0.562.